The van der Waals surface area contributed by atoms with E-state index in [0.29, 0.717) is 0 Å². The van der Waals surface area contributed by atoms with Crippen LogP contribution in [0.1, 0.15) is 12.0 Å². The van der Waals surface area contributed by atoms with E-state index in [-0.39, 0.29) is 19.6 Å². The van der Waals surface area contributed by atoms with E-state index in [9.17, 15) is 13.6 Å². The first-order valence-corrected chi connectivity index (χ1v) is 6.24. The number of nitrogens with one attached hydrogen (secondary N) is 1. The quantitative estimate of drug-likeness (QED) is 0.866. The molecule has 18 heavy (non-hydrogen) atoms. The minimum atomic E-state index is -2.75. The van der Waals surface area contributed by atoms with Crippen molar-refractivity contribution in [2.75, 3.05) is 6.54 Å². The summed E-state index contributed by atoms with van der Waals surface area (Å²) >= 11 is 2.92. The van der Waals surface area contributed by atoms with Gasteiger partial charge in [-0.3, -0.25) is 0 Å². The van der Waals surface area contributed by atoms with Crippen molar-refractivity contribution in [3.63, 3.8) is 0 Å². The molecule has 2 rings (SSSR count). The number of ether oxygens (including phenoxy) is 1. The maximum absolute atomic E-state index is 12.8. The maximum Gasteiger partial charge on any atom is 0.407 e. The third-order valence-corrected chi connectivity index (χ3v) is 3.90. The Kier molecular flexibility index (Phi) is 3.56. The fourth-order valence-electron chi connectivity index (χ4n) is 1.49. The Hall–Kier alpha value is -1.17. The molecule has 0 bridgehead atoms. The van der Waals surface area contributed by atoms with Gasteiger partial charge in [-0.25, -0.2) is 13.6 Å². The number of alkyl halides is 3. The van der Waals surface area contributed by atoms with Crippen molar-refractivity contribution in [3.8, 4) is 0 Å². The third-order valence-electron chi connectivity index (χ3n) is 2.76. The molecule has 0 spiro atoms. The Bertz CT molecular complexity index is 441. The van der Waals surface area contributed by atoms with Gasteiger partial charge in [-0.05, 0) is 5.56 Å². The van der Waals surface area contributed by atoms with E-state index in [1.807, 2.05) is 30.3 Å². The van der Waals surface area contributed by atoms with Crippen LogP contribution in [-0.2, 0) is 11.3 Å². The van der Waals surface area contributed by atoms with Gasteiger partial charge in [0.25, 0.3) is 5.92 Å². The van der Waals surface area contributed by atoms with E-state index in [1.165, 1.54) is 0 Å². The molecule has 0 heterocycles. The molecular formula is C12H12BrF2NO2. The van der Waals surface area contributed by atoms with Crippen LogP contribution in [0.4, 0.5) is 13.6 Å². The van der Waals surface area contributed by atoms with Crippen molar-refractivity contribution in [2.24, 2.45) is 0 Å². The van der Waals surface area contributed by atoms with Crippen LogP contribution in [0.15, 0.2) is 30.3 Å². The fraction of sp³-hybridized carbons (Fsp3) is 0.417. The lowest BCUT2D eigenvalue weighted by atomic mass is 10.2. The Labute approximate surface area is 112 Å². The Morgan fingerprint density at radius 3 is 2.56 bits per heavy atom. The van der Waals surface area contributed by atoms with Gasteiger partial charge in [0.1, 0.15) is 10.9 Å². The molecule has 1 N–H and O–H groups in total. The molecule has 0 saturated heterocycles. The third kappa shape index (κ3) is 2.98. The zero-order chi connectivity index (χ0) is 13.2. The van der Waals surface area contributed by atoms with Crippen LogP contribution in [0.3, 0.4) is 0 Å². The van der Waals surface area contributed by atoms with Gasteiger partial charge >= 0.3 is 6.09 Å². The average Bonchev–Trinajstić information content (AvgIpc) is 2.85. The number of halogens is 3. The molecule has 98 valence electrons. The van der Waals surface area contributed by atoms with Crippen molar-refractivity contribution in [1.82, 2.24) is 5.32 Å². The molecular weight excluding hydrogens is 308 g/mol. The average molecular weight is 320 g/mol. The highest BCUT2D eigenvalue weighted by Gasteiger charge is 2.69. The second kappa shape index (κ2) is 4.84. The van der Waals surface area contributed by atoms with Crippen LogP contribution >= 0.6 is 15.9 Å². The summed E-state index contributed by atoms with van der Waals surface area (Å²) in [7, 11) is 0. The summed E-state index contributed by atoms with van der Waals surface area (Å²) in [5, 5.41) is 2.32. The van der Waals surface area contributed by atoms with Crippen molar-refractivity contribution in [3.05, 3.63) is 35.9 Å². The first-order chi connectivity index (χ1) is 8.43. The number of hydrogen-bond acceptors (Lipinski definition) is 2. The fourth-order valence-corrected chi connectivity index (χ4v) is 1.98. The summed E-state index contributed by atoms with van der Waals surface area (Å²) in [6, 6.07) is 9.14. The molecule has 1 unspecified atom stereocenters. The molecule has 1 aromatic rings. The molecule has 0 aromatic heterocycles. The maximum atomic E-state index is 12.8. The van der Waals surface area contributed by atoms with E-state index < -0.39 is 16.3 Å². The van der Waals surface area contributed by atoms with Gasteiger partial charge in [-0.1, -0.05) is 46.3 Å². The number of hydrogen-bond donors (Lipinski definition) is 1. The minimum Gasteiger partial charge on any atom is -0.445 e. The second-order valence-corrected chi connectivity index (χ2v) is 5.78. The molecule has 1 atom stereocenters. The normalized spacial score (nSPS) is 24.4. The van der Waals surface area contributed by atoms with Crippen molar-refractivity contribution in [2.45, 2.75) is 23.3 Å². The van der Waals surface area contributed by atoms with Crippen LogP contribution in [0.25, 0.3) is 0 Å². The summed E-state index contributed by atoms with van der Waals surface area (Å²) in [5.74, 6) is -2.75. The van der Waals surface area contributed by atoms with Gasteiger partial charge in [-0.15, -0.1) is 0 Å². The van der Waals surface area contributed by atoms with E-state index in [1.54, 1.807) is 0 Å². The first-order valence-electron chi connectivity index (χ1n) is 5.44. The zero-order valence-electron chi connectivity index (χ0n) is 9.46. The smallest absolute Gasteiger partial charge is 0.407 e. The van der Waals surface area contributed by atoms with Crippen LogP contribution in [-0.4, -0.2) is 22.9 Å². The second-order valence-electron chi connectivity index (χ2n) is 4.26. The molecule has 1 aliphatic carbocycles. The number of rotatable bonds is 4. The highest BCUT2D eigenvalue weighted by molar-refractivity contribution is 9.10. The van der Waals surface area contributed by atoms with E-state index in [4.69, 9.17) is 4.74 Å². The predicted molar refractivity (Wildman–Crippen MR) is 65.9 cm³/mol. The van der Waals surface area contributed by atoms with E-state index >= 15 is 0 Å². The number of amides is 1. The summed E-state index contributed by atoms with van der Waals surface area (Å²) in [5.41, 5.74) is 0.845. The molecule has 0 radical (unpaired) electrons. The SMILES string of the molecule is O=C(NCC1(Br)CC1(F)F)OCc1ccccc1. The van der Waals surface area contributed by atoms with Crippen molar-refractivity contribution in [1.29, 1.82) is 0 Å². The monoisotopic (exact) mass is 319 g/mol. The molecule has 6 heteroatoms. The van der Waals surface area contributed by atoms with Crippen LogP contribution in [0, 0.1) is 0 Å². The lowest BCUT2D eigenvalue weighted by molar-refractivity contribution is 0.105. The molecule has 1 amide bonds. The minimum absolute atomic E-state index is 0.123. The Morgan fingerprint density at radius 1 is 1.39 bits per heavy atom. The molecule has 1 aromatic carbocycles. The highest BCUT2D eigenvalue weighted by Crippen LogP contribution is 2.58. The van der Waals surface area contributed by atoms with Crippen LogP contribution in [0.2, 0.25) is 0 Å². The van der Waals surface area contributed by atoms with Gasteiger partial charge in [0.2, 0.25) is 0 Å². The van der Waals surface area contributed by atoms with Gasteiger partial charge in [-0.2, -0.15) is 0 Å². The predicted octanol–water partition coefficient (Wildman–Crippen LogP) is 3.09. The number of carbonyl (C=O) groups is 1. The molecule has 1 aliphatic rings. The van der Waals surface area contributed by atoms with Crippen molar-refractivity contribution >= 4 is 22.0 Å². The van der Waals surface area contributed by atoms with Crippen molar-refractivity contribution < 1.29 is 18.3 Å². The largest absolute Gasteiger partial charge is 0.445 e. The lowest BCUT2D eigenvalue weighted by Crippen LogP contribution is -2.33. The van der Waals surface area contributed by atoms with Gasteiger partial charge in [0, 0.05) is 13.0 Å². The Morgan fingerprint density at radius 2 is 2.00 bits per heavy atom. The van der Waals surface area contributed by atoms with Crippen LogP contribution in [0.5, 0.6) is 0 Å². The number of benzene rings is 1. The molecule has 1 fully saturated rings. The lowest BCUT2D eigenvalue weighted by Gasteiger charge is -2.10. The van der Waals surface area contributed by atoms with Gasteiger partial charge < -0.3 is 10.1 Å². The molecule has 0 aliphatic heterocycles. The Balaban J connectivity index is 1.71. The van der Waals surface area contributed by atoms with Gasteiger partial charge in [0.05, 0.1) is 0 Å². The van der Waals surface area contributed by atoms with E-state index in [2.05, 4.69) is 21.2 Å². The first kappa shape index (κ1) is 13.3. The summed E-state index contributed by atoms with van der Waals surface area (Å²) < 4.78 is 29.3. The molecule has 1 saturated carbocycles. The highest BCUT2D eigenvalue weighted by atomic mass is 79.9. The summed E-state index contributed by atoms with van der Waals surface area (Å²) in [6.07, 6.45) is -0.959. The van der Waals surface area contributed by atoms with Crippen LogP contribution < -0.4 is 5.32 Å². The van der Waals surface area contributed by atoms with Gasteiger partial charge in [0.15, 0.2) is 0 Å². The summed E-state index contributed by atoms with van der Waals surface area (Å²) in [6.45, 7) is -0.0219. The zero-order valence-corrected chi connectivity index (χ0v) is 11.0. The number of carbonyl (C=O) groups excluding carboxylic acids is 1. The summed E-state index contributed by atoms with van der Waals surface area (Å²) in [4.78, 5) is 11.3. The standard InChI is InChI=1S/C12H12BrF2NO2/c13-11(7-12(11,14)15)8-16-10(17)18-6-9-4-2-1-3-5-9/h1-5H,6-8H2,(H,16,17). The van der Waals surface area contributed by atoms with E-state index in [0.717, 1.165) is 5.56 Å². The topological polar surface area (TPSA) is 38.3 Å². The number of alkyl carbamates (subject to hydrolysis) is 1. The molecule has 3 nitrogen and oxygen atoms in total.